The van der Waals surface area contributed by atoms with Crippen molar-refractivity contribution in [1.29, 1.82) is 0 Å². The van der Waals surface area contributed by atoms with Gasteiger partial charge in [-0.2, -0.15) is 11.3 Å². The van der Waals surface area contributed by atoms with E-state index >= 15 is 0 Å². The molecule has 0 radical (unpaired) electrons. The highest BCUT2D eigenvalue weighted by atomic mass is 32.1. The van der Waals surface area contributed by atoms with Gasteiger partial charge in [-0.05, 0) is 56.0 Å². The van der Waals surface area contributed by atoms with Crippen molar-refractivity contribution in [3.8, 4) is 0 Å². The van der Waals surface area contributed by atoms with E-state index in [1.807, 2.05) is 20.8 Å². The zero-order valence-electron chi connectivity index (χ0n) is 14.0. The number of nitrogens with zero attached hydrogens (tertiary/aromatic N) is 1. The molecule has 0 saturated carbocycles. The second-order valence-corrected chi connectivity index (χ2v) is 7.82. The first kappa shape index (κ1) is 17.9. The first-order valence-electron chi connectivity index (χ1n) is 8.09. The molecule has 1 N–H and O–H groups in total. The van der Waals surface area contributed by atoms with Gasteiger partial charge in [-0.3, -0.25) is 4.90 Å². The highest BCUT2D eigenvalue weighted by Crippen LogP contribution is 2.17. The number of thiophene rings is 1. The van der Waals surface area contributed by atoms with Gasteiger partial charge in [-0.1, -0.05) is 0 Å². The Morgan fingerprint density at radius 2 is 2.32 bits per heavy atom. The van der Waals surface area contributed by atoms with Crippen LogP contribution in [0.5, 0.6) is 0 Å². The molecule has 1 aromatic heterocycles. The van der Waals surface area contributed by atoms with E-state index in [4.69, 9.17) is 9.47 Å². The van der Waals surface area contributed by atoms with E-state index < -0.39 is 6.10 Å². The molecule has 22 heavy (non-hydrogen) atoms. The van der Waals surface area contributed by atoms with Crippen LogP contribution in [0.1, 0.15) is 39.2 Å². The minimum Gasteiger partial charge on any atom is -0.389 e. The Labute approximate surface area is 138 Å². The number of hydrogen-bond acceptors (Lipinski definition) is 5. The highest BCUT2D eigenvalue weighted by Gasteiger charge is 2.22. The van der Waals surface area contributed by atoms with Crippen molar-refractivity contribution in [3.05, 3.63) is 22.4 Å². The van der Waals surface area contributed by atoms with Gasteiger partial charge < -0.3 is 14.6 Å². The lowest BCUT2D eigenvalue weighted by atomic mass is 10.2. The fraction of sp³-hybridized carbons (Fsp3) is 0.765. The molecular formula is C17H29NO3S. The van der Waals surface area contributed by atoms with E-state index in [1.54, 1.807) is 11.3 Å². The van der Waals surface area contributed by atoms with Crippen LogP contribution < -0.4 is 0 Å². The fourth-order valence-corrected chi connectivity index (χ4v) is 3.28. The molecule has 0 bridgehead atoms. The van der Waals surface area contributed by atoms with Crippen molar-refractivity contribution >= 4 is 11.3 Å². The molecule has 1 fully saturated rings. The minimum absolute atomic E-state index is 0.215. The first-order valence-corrected chi connectivity index (χ1v) is 9.04. The summed E-state index contributed by atoms with van der Waals surface area (Å²) in [6.45, 7) is 9.62. The summed E-state index contributed by atoms with van der Waals surface area (Å²) >= 11 is 1.71. The maximum Gasteiger partial charge on any atom is 0.0900 e. The number of ether oxygens (including phenoxy) is 2. The highest BCUT2D eigenvalue weighted by molar-refractivity contribution is 7.07. The summed E-state index contributed by atoms with van der Waals surface area (Å²) in [5.74, 6) is 0. The van der Waals surface area contributed by atoms with E-state index in [9.17, 15) is 5.11 Å². The van der Waals surface area contributed by atoms with Crippen molar-refractivity contribution in [2.45, 2.75) is 58.0 Å². The predicted octanol–water partition coefficient (Wildman–Crippen LogP) is 2.91. The fourth-order valence-electron chi connectivity index (χ4n) is 2.62. The summed E-state index contributed by atoms with van der Waals surface area (Å²) < 4.78 is 11.4. The molecule has 5 heteroatoms. The molecule has 2 heterocycles. The average molecular weight is 327 g/mol. The Kier molecular flexibility index (Phi) is 6.84. The average Bonchev–Trinajstić information content (AvgIpc) is 3.09. The smallest absolute Gasteiger partial charge is 0.0900 e. The van der Waals surface area contributed by atoms with Crippen LogP contribution in [0.15, 0.2) is 16.8 Å². The van der Waals surface area contributed by atoms with Gasteiger partial charge >= 0.3 is 0 Å². The molecule has 0 aromatic carbocycles. The molecule has 4 nitrogen and oxygen atoms in total. The van der Waals surface area contributed by atoms with Crippen LogP contribution in [0, 0.1) is 0 Å². The van der Waals surface area contributed by atoms with Gasteiger partial charge in [-0.15, -0.1) is 0 Å². The minimum atomic E-state index is -0.473. The zero-order chi connectivity index (χ0) is 16.0. The maximum atomic E-state index is 10.3. The topological polar surface area (TPSA) is 41.9 Å². The third kappa shape index (κ3) is 6.75. The maximum absolute atomic E-state index is 10.3. The quantitative estimate of drug-likeness (QED) is 0.797. The number of aliphatic hydroxyl groups is 1. The standard InChI is InChI=1S/C17H29NO3S/c1-17(2,3)21-12-15(19)10-18(9-14-6-8-22-13-14)11-16-5-4-7-20-16/h6,8,13,15-16,19H,4-5,7,9-12H2,1-3H3. The van der Waals surface area contributed by atoms with Crippen LogP contribution in [0.4, 0.5) is 0 Å². The number of hydrogen-bond donors (Lipinski definition) is 1. The van der Waals surface area contributed by atoms with Gasteiger partial charge in [0.25, 0.3) is 0 Å². The van der Waals surface area contributed by atoms with Gasteiger partial charge in [0.1, 0.15) is 0 Å². The summed E-state index contributed by atoms with van der Waals surface area (Å²) in [5.41, 5.74) is 1.08. The molecule has 2 rings (SSSR count). The van der Waals surface area contributed by atoms with Crippen LogP contribution in [0.3, 0.4) is 0 Å². The van der Waals surface area contributed by atoms with Crippen LogP contribution in [-0.4, -0.2) is 54.1 Å². The normalized spacial score (nSPS) is 20.7. The van der Waals surface area contributed by atoms with E-state index in [0.717, 1.165) is 32.5 Å². The first-order chi connectivity index (χ1) is 10.4. The van der Waals surface area contributed by atoms with Gasteiger partial charge in [0.2, 0.25) is 0 Å². The molecule has 1 aliphatic heterocycles. The Morgan fingerprint density at radius 1 is 1.50 bits per heavy atom. The molecule has 2 atom stereocenters. The Morgan fingerprint density at radius 3 is 2.91 bits per heavy atom. The molecule has 1 aromatic rings. The van der Waals surface area contributed by atoms with Crippen LogP contribution in [-0.2, 0) is 16.0 Å². The largest absolute Gasteiger partial charge is 0.389 e. The molecule has 126 valence electrons. The van der Waals surface area contributed by atoms with Crippen LogP contribution in [0.2, 0.25) is 0 Å². The van der Waals surface area contributed by atoms with E-state index in [-0.39, 0.29) is 5.60 Å². The van der Waals surface area contributed by atoms with Gasteiger partial charge in [0, 0.05) is 26.2 Å². The second-order valence-electron chi connectivity index (χ2n) is 7.04. The summed E-state index contributed by atoms with van der Waals surface area (Å²) in [6, 6.07) is 2.14. The molecule has 1 saturated heterocycles. The summed E-state index contributed by atoms with van der Waals surface area (Å²) in [7, 11) is 0. The van der Waals surface area contributed by atoms with Crippen molar-refractivity contribution in [2.75, 3.05) is 26.3 Å². The van der Waals surface area contributed by atoms with Crippen molar-refractivity contribution in [1.82, 2.24) is 4.90 Å². The third-order valence-corrected chi connectivity index (χ3v) is 4.38. The van der Waals surface area contributed by atoms with Gasteiger partial charge in [-0.25, -0.2) is 0 Å². The van der Waals surface area contributed by atoms with Gasteiger partial charge in [0.05, 0.1) is 24.4 Å². The lowest BCUT2D eigenvalue weighted by Crippen LogP contribution is -2.40. The molecule has 0 spiro atoms. The van der Waals surface area contributed by atoms with E-state index in [1.165, 1.54) is 5.56 Å². The van der Waals surface area contributed by atoms with Gasteiger partial charge in [0.15, 0.2) is 0 Å². The third-order valence-electron chi connectivity index (χ3n) is 3.65. The molecule has 1 aliphatic rings. The molecular weight excluding hydrogens is 298 g/mol. The van der Waals surface area contributed by atoms with Crippen molar-refractivity contribution in [3.63, 3.8) is 0 Å². The summed E-state index contributed by atoms with van der Waals surface area (Å²) in [6.07, 6.45) is 2.09. The lowest BCUT2D eigenvalue weighted by molar-refractivity contribution is -0.0594. The molecule has 0 amide bonds. The molecule has 0 aliphatic carbocycles. The summed E-state index contributed by atoms with van der Waals surface area (Å²) in [5, 5.41) is 14.5. The Bertz CT molecular complexity index is 410. The van der Waals surface area contributed by atoms with E-state index in [0.29, 0.717) is 19.3 Å². The monoisotopic (exact) mass is 327 g/mol. The number of rotatable bonds is 8. The second kappa shape index (κ2) is 8.41. The van der Waals surface area contributed by atoms with Crippen molar-refractivity contribution < 1.29 is 14.6 Å². The van der Waals surface area contributed by atoms with Crippen LogP contribution in [0.25, 0.3) is 0 Å². The van der Waals surface area contributed by atoms with E-state index in [2.05, 4.69) is 21.7 Å². The SMILES string of the molecule is CC(C)(C)OCC(O)CN(Cc1ccsc1)CC1CCCO1. The lowest BCUT2D eigenvalue weighted by Gasteiger charge is -2.28. The number of aliphatic hydroxyl groups excluding tert-OH is 1. The zero-order valence-corrected chi connectivity index (χ0v) is 14.8. The Hall–Kier alpha value is -0.460. The molecule has 2 unspecified atom stereocenters. The van der Waals surface area contributed by atoms with Crippen LogP contribution >= 0.6 is 11.3 Å². The summed E-state index contributed by atoms with van der Waals surface area (Å²) in [4.78, 5) is 2.29. The predicted molar refractivity (Wildman–Crippen MR) is 90.3 cm³/mol. The Balaban J connectivity index is 1.85. The van der Waals surface area contributed by atoms with Crippen molar-refractivity contribution in [2.24, 2.45) is 0 Å².